The van der Waals surface area contributed by atoms with Crippen LogP contribution in [0.5, 0.6) is 0 Å². The Hall–Kier alpha value is -1.16. The lowest BCUT2D eigenvalue weighted by molar-refractivity contribution is 0.101. The Morgan fingerprint density at radius 1 is 1.29 bits per heavy atom. The molecule has 0 bridgehead atoms. The second kappa shape index (κ2) is 6.55. The monoisotopic (exact) mass is 238 g/mol. The molecule has 0 unspecified atom stereocenters. The standard InChI is InChI=1S/C13H22N2O2/c1-5-11-13(10(4)16)12(6-2)15(14-11)8-9-17-7-3/h5-9H2,1-4H3. The van der Waals surface area contributed by atoms with E-state index in [0.29, 0.717) is 13.2 Å². The van der Waals surface area contributed by atoms with Gasteiger partial charge in [0.2, 0.25) is 0 Å². The molecule has 1 aromatic heterocycles. The third-order valence-electron chi connectivity index (χ3n) is 2.80. The van der Waals surface area contributed by atoms with Gasteiger partial charge in [-0.25, -0.2) is 0 Å². The van der Waals surface area contributed by atoms with Crippen LogP contribution in [-0.2, 0) is 24.1 Å². The summed E-state index contributed by atoms with van der Waals surface area (Å²) in [4.78, 5) is 11.7. The van der Waals surface area contributed by atoms with E-state index < -0.39 is 0 Å². The van der Waals surface area contributed by atoms with E-state index in [1.807, 2.05) is 18.5 Å². The smallest absolute Gasteiger partial charge is 0.163 e. The van der Waals surface area contributed by atoms with Gasteiger partial charge in [0, 0.05) is 12.3 Å². The minimum Gasteiger partial charge on any atom is -0.380 e. The number of rotatable bonds is 7. The van der Waals surface area contributed by atoms with Crippen molar-refractivity contribution in [3.8, 4) is 0 Å². The van der Waals surface area contributed by atoms with Gasteiger partial charge in [-0.1, -0.05) is 13.8 Å². The zero-order valence-corrected chi connectivity index (χ0v) is 11.2. The number of hydrogen-bond donors (Lipinski definition) is 0. The lowest BCUT2D eigenvalue weighted by atomic mass is 10.1. The van der Waals surface area contributed by atoms with Crippen molar-refractivity contribution in [2.45, 2.75) is 47.1 Å². The number of aromatic nitrogens is 2. The molecule has 0 spiro atoms. The first-order valence-electron chi connectivity index (χ1n) is 6.32. The quantitative estimate of drug-likeness (QED) is 0.540. The van der Waals surface area contributed by atoms with Crippen molar-refractivity contribution >= 4 is 5.78 Å². The normalized spacial score (nSPS) is 10.8. The van der Waals surface area contributed by atoms with E-state index in [4.69, 9.17) is 4.74 Å². The number of carbonyl (C=O) groups excluding carboxylic acids is 1. The summed E-state index contributed by atoms with van der Waals surface area (Å²) in [6.45, 7) is 9.75. The van der Waals surface area contributed by atoms with Crippen LogP contribution in [0.15, 0.2) is 0 Å². The SMILES string of the molecule is CCOCCn1nc(CC)c(C(C)=O)c1CC. The largest absolute Gasteiger partial charge is 0.380 e. The van der Waals surface area contributed by atoms with Crippen LogP contribution in [0.2, 0.25) is 0 Å². The van der Waals surface area contributed by atoms with Crippen molar-refractivity contribution in [2.24, 2.45) is 0 Å². The van der Waals surface area contributed by atoms with Crippen molar-refractivity contribution in [3.05, 3.63) is 17.0 Å². The summed E-state index contributed by atoms with van der Waals surface area (Å²) in [5.41, 5.74) is 2.76. The van der Waals surface area contributed by atoms with E-state index in [0.717, 1.165) is 36.3 Å². The van der Waals surface area contributed by atoms with E-state index in [1.54, 1.807) is 6.92 Å². The number of aryl methyl sites for hydroxylation is 1. The van der Waals surface area contributed by atoms with Gasteiger partial charge in [-0.3, -0.25) is 9.48 Å². The highest BCUT2D eigenvalue weighted by Gasteiger charge is 2.18. The maximum atomic E-state index is 11.7. The highest BCUT2D eigenvalue weighted by Crippen LogP contribution is 2.17. The van der Waals surface area contributed by atoms with E-state index in [-0.39, 0.29) is 5.78 Å². The lowest BCUT2D eigenvalue weighted by Gasteiger charge is -2.06. The summed E-state index contributed by atoms with van der Waals surface area (Å²) in [5, 5.41) is 4.51. The summed E-state index contributed by atoms with van der Waals surface area (Å²) < 4.78 is 7.26. The molecule has 1 aromatic rings. The van der Waals surface area contributed by atoms with Crippen LogP contribution < -0.4 is 0 Å². The number of carbonyl (C=O) groups is 1. The zero-order valence-electron chi connectivity index (χ0n) is 11.2. The van der Waals surface area contributed by atoms with Crippen molar-refractivity contribution < 1.29 is 9.53 Å². The Balaban J connectivity index is 3.00. The Bertz CT molecular complexity index is 383. The van der Waals surface area contributed by atoms with Gasteiger partial charge in [-0.15, -0.1) is 0 Å². The predicted octanol–water partition coefficient (Wildman–Crippen LogP) is 2.25. The van der Waals surface area contributed by atoms with Crippen molar-refractivity contribution in [2.75, 3.05) is 13.2 Å². The van der Waals surface area contributed by atoms with Crippen LogP contribution in [0.4, 0.5) is 0 Å². The van der Waals surface area contributed by atoms with Gasteiger partial charge in [0.25, 0.3) is 0 Å². The fourth-order valence-electron chi connectivity index (χ4n) is 2.05. The summed E-state index contributed by atoms with van der Waals surface area (Å²) in [6, 6.07) is 0. The average molecular weight is 238 g/mol. The molecule has 1 heterocycles. The molecule has 0 atom stereocenters. The van der Waals surface area contributed by atoms with Crippen LogP contribution >= 0.6 is 0 Å². The van der Waals surface area contributed by atoms with Gasteiger partial charge in [-0.05, 0) is 26.7 Å². The Morgan fingerprint density at radius 2 is 2.00 bits per heavy atom. The molecule has 0 aromatic carbocycles. The molecule has 17 heavy (non-hydrogen) atoms. The maximum Gasteiger partial charge on any atom is 0.163 e. The number of nitrogens with zero attached hydrogens (tertiary/aromatic N) is 2. The van der Waals surface area contributed by atoms with E-state index in [2.05, 4.69) is 12.0 Å². The molecular formula is C13H22N2O2. The fourth-order valence-corrected chi connectivity index (χ4v) is 2.05. The number of ketones is 1. The number of Topliss-reactive ketones (excluding diaryl/α,β-unsaturated/α-hetero) is 1. The highest BCUT2D eigenvalue weighted by molar-refractivity contribution is 5.96. The van der Waals surface area contributed by atoms with Gasteiger partial charge in [0.15, 0.2) is 5.78 Å². The van der Waals surface area contributed by atoms with E-state index in [1.165, 1.54) is 0 Å². The Labute approximate surface area is 103 Å². The zero-order chi connectivity index (χ0) is 12.8. The average Bonchev–Trinajstić information content (AvgIpc) is 2.67. The first kappa shape index (κ1) is 13.9. The Morgan fingerprint density at radius 3 is 2.47 bits per heavy atom. The fraction of sp³-hybridized carbons (Fsp3) is 0.692. The second-order valence-corrected chi connectivity index (χ2v) is 3.95. The second-order valence-electron chi connectivity index (χ2n) is 3.95. The van der Waals surface area contributed by atoms with Crippen LogP contribution in [0.3, 0.4) is 0 Å². The van der Waals surface area contributed by atoms with Gasteiger partial charge in [0.05, 0.1) is 24.4 Å². The molecule has 1 rings (SSSR count). The first-order chi connectivity index (χ1) is 8.15. The highest BCUT2D eigenvalue weighted by atomic mass is 16.5. The van der Waals surface area contributed by atoms with E-state index >= 15 is 0 Å². The van der Waals surface area contributed by atoms with Crippen LogP contribution in [0.1, 0.15) is 49.4 Å². The molecule has 96 valence electrons. The summed E-state index contributed by atoms with van der Waals surface area (Å²) in [5.74, 6) is 0.112. The van der Waals surface area contributed by atoms with Crippen LogP contribution in [-0.4, -0.2) is 28.8 Å². The molecule has 0 fully saturated rings. The minimum absolute atomic E-state index is 0.112. The maximum absolute atomic E-state index is 11.7. The molecule has 0 saturated carbocycles. The number of hydrogen-bond acceptors (Lipinski definition) is 3. The van der Waals surface area contributed by atoms with E-state index in [9.17, 15) is 4.79 Å². The van der Waals surface area contributed by atoms with Gasteiger partial charge in [-0.2, -0.15) is 5.10 Å². The summed E-state index contributed by atoms with van der Waals surface area (Å²) >= 11 is 0. The molecular weight excluding hydrogens is 216 g/mol. The van der Waals surface area contributed by atoms with Crippen molar-refractivity contribution in [1.29, 1.82) is 0 Å². The minimum atomic E-state index is 0.112. The van der Waals surface area contributed by atoms with Gasteiger partial charge in [0.1, 0.15) is 0 Å². The van der Waals surface area contributed by atoms with Crippen molar-refractivity contribution in [1.82, 2.24) is 9.78 Å². The summed E-state index contributed by atoms with van der Waals surface area (Å²) in [6.07, 6.45) is 1.62. The molecule has 0 saturated heterocycles. The topological polar surface area (TPSA) is 44.1 Å². The van der Waals surface area contributed by atoms with Crippen LogP contribution in [0, 0.1) is 0 Å². The lowest BCUT2D eigenvalue weighted by Crippen LogP contribution is -2.11. The molecule has 4 nitrogen and oxygen atoms in total. The molecule has 0 amide bonds. The molecule has 4 heteroatoms. The molecule has 0 N–H and O–H groups in total. The number of ether oxygens (including phenoxy) is 1. The predicted molar refractivity (Wildman–Crippen MR) is 67.5 cm³/mol. The molecule has 0 radical (unpaired) electrons. The summed E-state index contributed by atoms with van der Waals surface area (Å²) in [7, 11) is 0. The van der Waals surface area contributed by atoms with Gasteiger partial charge < -0.3 is 4.74 Å². The van der Waals surface area contributed by atoms with Crippen LogP contribution in [0.25, 0.3) is 0 Å². The molecule has 0 aliphatic rings. The molecule has 0 aliphatic carbocycles. The Kier molecular flexibility index (Phi) is 5.35. The third-order valence-corrected chi connectivity index (χ3v) is 2.80. The van der Waals surface area contributed by atoms with Crippen molar-refractivity contribution in [3.63, 3.8) is 0 Å². The van der Waals surface area contributed by atoms with Gasteiger partial charge >= 0.3 is 0 Å². The first-order valence-corrected chi connectivity index (χ1v) is 6.32. The third kappa shape index (κ3) is 3.16. The molecule has 0 aliphatic heterocycles.